The molecule has 1 N–H and O–H groups in total. The standard InChI is InChI=1S/C30H23ClN6O4S/c31-20-5-2-18(3-6-20)17-42-30-33-29(34-35-30)37-11-9-24-22(28(37)39)15-21-23(32-24)8-10-36(27(21)38)16-19-4-7-25-26(14-19)41-13-1-12-40-25/h2-11,14-15H,1,12-13,16-17H2,(H,33,34,35). The van der Waals surface area contributed by atoms with Crippen molar-refractivity contribution >= 4 is 45.2 Å². The van der Waals surface area contributed by atoms with E-state index in [-0.39, 0.29) is 17.1 Å². The highest BCUT2D eigenvalue weighted by atomic mass is 35.5. The summed E-state index contributed by atoms with van der Waals surface area (Å²) in [6.07, 6.45) is 4.13. The van der Waals surface area contributed by atoms with Crippen LogP contribution < -0.4 is 20.6 Å². The van der Waals surface area contributed by atoms with E-state index in [1.165, 1.54) is 16.3 Å². The summed E-state index contributed by atoms with van der Waals surface area (Å²) in [5.41, 5.74) is 2.37. The summed E-state index contributed by atoms with van der Waals surface area (Å²) in [5.74, 6) is 2.30. The highest BCUT2D eigenvalue weighted by Crippen LogP contribution is 2.30. The number of benzene rings is 2. The summed E-state index contributed by atoms with van der Waals surface area (Å²) < 4.78 is 14.5. The number of nitrogens with one attached hydrogen (secondary N) is 1. The number of fused-ring (bicyclic) bond motifs is 3. The molecule has 0 atom stereocenters. The van der Waals surface area contributed by atoms with Gasteiger partial charge in [-0.25, -0.2) is 10.1 Å². The summed E-state index contributed by atoms with van der Waals surface area (Å²) >= 11 is 7.40. The number of hydrogen-bond donors (Lipinski definition) is 1. The molecular weight excluding hydrogens is 576 g/mol. The zero-order chi connectivity index (χ0) is 28.6. The zero-order valence-corrected chi connectivity index (χ0v) is 23.7. The first kappa shape index (κ1) is 26.3. The molecule has 0 saturated carbocycles. The van der Waals surface area contributed by atoms with Crippen molar-refractivity contribution in [3.05, 3.63) is 110 Å². The monoisotopic (exact) mass is 598 g/mol. The number of nitrogens with zero attached hydrogens (tertiary/aromatic N) is 5. The average molecular weight is 599 g/mol. The number of ether oxygens (including phenoxy) is 2. The predicted molar refractivity (Wildman–Crippen MR) is 161 cm³/mol. The molecule has 2 aromatic carbocycles. The summed E-state index contributed by atoms with van der Waals surface area (Å²) in [6, 6.07) is 18.4. The third-order valence-corrected chi connectivity index (χ3v) is 8.11. The maximum absolute atomic E-state index is 13.5. The van der Waals surface area contributed by atoms with Crippen molar-refractivity contribution in [3.8, 4) is 17.4 Å². The second-order valence-corrected chi connectivity index (χ2v) is 11.2. The fourth-order valence-corrected chi connectivity index (χ4v) is 5.67. The highest BCUT2D eigenvalue weighted by Gasteiger charge is 2.15. The molecular formula is C30H23ClN6O4S. The number of rotatable bonds is 6. The Hall–Kier alpha value is -4.61. The van der Waals surface area contributed by atoms with Gasteiger partial charge in [0.2, 0.25) is 11.1 Å². The molecule has 0 radical (unpaired) electrons. The van der Waals surface area contributed by atoms with Gasteiger partial charge in [-0.2, -0.15) is 4.98 Å². The normalized spacial score (nSPS) is 13.0. The van der Waals surface area contributed by atoms with Crippen LogP contribution in [0.1, 0.15) is 17.5 Å². The van der Waals surface area contributed by atoms with E-state index < -0.39 is 0 Å². The van der Waals surface area contributed by atoms with Gasteiger partial charge in [0.05, 0.1) is 41.6 Å². The van der Waals surface area contributed by atoms with Gasteiger partial charge in [0.1, 0.15) is 0 Å². The van der Waals surface area contributed by atoms with E-state index in [9.17, 15) is 9.59 Å². The van der Waals surface area contributed by atoms with Crippen LogP contribution in [0.5, 0.6) is 11.5 Å². The Labute approximate surface area is 247 Å². The van der Waals surface area contributed by atoms with Crippen molar-refractivity contribution in [2.45, 2.75) is 23.9 Å². The lowest BCUT2D eigenvalue weighted by molar-refractivity contribution is 0.297. The van der Waals surface area contributed by atoms with Gasteiger partial charge < -0.3 is 14.0 Å². The quantitative estimate of drug-likeness (QED) is 0.211. The van der Waals surface area contributed by atoms with E-state index in [2.05, 4.69) is 20.2 Å². The average Bonchev–Trinajstić information content (AvgIpc) is 3.35. The minimum Gasteiger partial charge on any atom is -0.490 e. The number of aromatic amines is 1. The second-order valence-electron chi connectivity index (χ2n) is 9.78. The fraction of sp³-hybridized carbons (Fsp3) is 0.167. The third kappa shape index (κ3) is 5.12. The van der Waals surface area contributed by atoms with E-state index in [1.807, 2.05) is 42.5 Å². The van der Waals surface area contributed by atoms with Crippen LogP contribution in [0.2, 0.25) is 5.02 Å². The van der Waals surface area contributed by atoms with Crippen molar-refractivity contribution in [1.29, 1.82) is 0 Å². The summed E-state index contributed by atoms with van der Waals surface area (Å²) in [6.45, 7) is 1.53. The topological polar surface area (TPSA) is 117 Å². The molecule has 0 aliphatic carbocycles. The van der Waals surface area contributed by atoms with E-state index in [1.54, 1.807) is 35.2 Å². The Morgan fingerprint density at radius 1 is 0.833 bits per heavy atom. The lowest BCUT2D eigenvalue weighted by Crippen LogP contribution is -2.22. The van der Waals surface area contributed by atoms with Gasteiger partial charge >= 0.3 is 0 Å². The molecule has 42 heavy (non-hydrogen) atoms. The third-order valence-electron chi connectivity index (χ3n) is 6.94. The second kappa shape index (κ2) is 11.0. The van der Waals surface area contributed by atoms with Gasteiger partial charge in [0.15, 0.2) is 11.5 Å². The first-order valence-corrected chi connectivity index (χ1v) is 14.6. The smallest absolute Gasteiger partial charge is 0.266 e. The Balaban J connectivity index is 1.19. The minimum absolute atomic E-state index is 0.246. The molecule has 0 amide bonds. The number of hydrogen-bond acceptors (Lipinski definition) is 8. The number of H-pyrrole nitrogens is 1. The number of thioether (sulfide) groups is 1. The molecule has 0 spiro atoms. The van der Waals surface area contributed by atoms with Gasteiger partial charge in [0, 0.05) is 29.6 Å². The van der Waals surface area contributed by atoms with Crippen molar-refractivity contribution in [3.63, 3.8) is 0 Å². The van der Waals surface area contributed by atoms with Crippen LogP contribution >= 0.6 is 23.4 Å². The molecule has 4 aromatic heterocycles. The maximum atomic E-state index is 13.5. The Morgan fingerprint density at radius 3 is 2.40 bits per heavy atom. The Bertz CT molecular complexity index is 2070. The van der Waals surface area contributed by atoms with Crippen LogP contribution in [-0.2, 0) is 12.3 Å². The molecule has 10 nitrogen and oxygen atoms in total. The van der Waals surface area contributed by atoms with Gasteiger partial charge in [-0.05, 0) is 53.6 Å². The maximum Gasteiger partial charge on any atom is 0.266 e. The molecule has 0 fully saturated rings. The lowest BCUT2D eigenvalue weighted by Gasteiger charge is -2.11. The first-order valence-electron chi connectivity index (χ1n) is 13.3. The molecule has 210 valence electrons. The molecule has 5 heterocycles. The van der Waals surface area contributed by atoms with E-state index >= 15 is 0 Å². The van der Waals surface area contributed by atoms with Crippen LogP contribution in [0.3, 0.4) is 0 Å². The van der Waals surface area contributed by atoms with Crippen molar-refractivity contribution in [1.82, 2.24) is 29.3 Å². The molecule has 6 aromatic rings. The van der Waals surface area contributed by atoms with Crippen LogP contribution in [0, 0.1) is 0 Å². The highest BCUT2D eigenvalue weighted by molar-refractivity contribution is 7.98. The fourth-order valence-electron chi connectivity index (χ4n) is 4.80. The minimum atomic E-state index is -0.356. The number of halogens is 1. The van der Waals surface area contributed by atoms with Crippen LogP contribution in [0.4, 0.5) is 0 Å². The summed E-state index contributed by atoms with van der Waals surface area (Å²) in [7, 11) is 0. The van der Waals surface area contributed by atoms with E-state index in [0.29, 0.717) is 69.0 Å². The number of pyridine rings is 3. The van der Waals surface area contributed by atoms with Crippen LogP contribution in [0.15, 0.2) is 87.8 Å². The van der Waals surface area contributed by atoms with Gasteiger partial charge in [-0.15, -0.1) is 5.10 Å². The lowest BCUT2D eigenvalue weighted by atomic mass is 10.1. The summed E-state index contributed by atoms with van der Waals surface area (Å²) in [4.78, 5) is 36.1. The van der Waals surface area contributed by atoms with E-state index in [0.717, 1.165) is 17.5 Å². The van der Waals surface area contributed by atoms with Gasteiger partial charge in [-0.1, -0.05) is 41.6 Å². The molecule has 0 unspecified atom stereocenters. The number of aromatic nitrogens is 6. The molecule has 12 heteroatoms. The van der Waals surface area contributed by atoms with Crippen molar-refractivity contribution in [2.24, 2.45) is 0 Å². The van der Waals surface area contributed by atoms with E-state index in [4.69, 9.17) is 21.1 Å². The van der Waals surface area contributed by atoms with Gasteiger partial charge in [0.25, 0.3) is 11.1 Å². The van der Waals surface area contributed by atoms with Crippen molar-refractivity contribution < 1.29 is 9.47 Å². The van der Waals surface area contributed by atoms with Gasteiger partial charge in [-0.3, -0.25) is 14.2 Å². The van der Waals surface area contributed by atoms with Crippen LogP contribution in [0.25, 0.3) is 27.8 Å². The van der Waals surface area contributed by atoms with Crippen molar-refractivity contribution in [2.75, 3.05) is 13.2 Å². The zero-order valence-electron chi connectivity index (χ0n) is 22.1. The first-order chi connectivity index (χ1) is 20.5. The predicted octanol–water partition coefficient (Wildman–Crippen LogP) is 4.97. The molecule has 0 saturated heterocycles. The molecule has 0 bridgehead atoms. The van der Waals surface area contributed by atoms with Crippen LogP contribution in [-0.4, -0.2) is 42.5 Å². The molecule has 7 rings (SSSR count). The Morgan fingerprint density at radius 2 is 1.57 bits per heavy atom. The largest absolute Gasteiger partial charge is 0.490 e. The SMILES string of the molecule is O=c1c2cc3c(=O)n(-c4nc(SCc5ccc(Cl)cc5)n[nH]4)ccc3nc2ccn1Cc1ccc2c(c1)OCCCO2. The molecule has 1 aliphatic rings. The molecule has 1 aliphatic heterocycles. The Kier molecular flexibility index (Phi) is 6.88. The summed E-state index contributed by atoms with van der Waals surface area (Å²) in [5, 5.41) is 8.93.